The van der Waals surface area contributed by atoms with Gasteiger partial charge in [0.2, 0.25) is 0 Å². The molecule has 0 fully saturated rings. The molecule has 1 N–H and O–H groups in total. The van der Waals surface area contributed by atoms with Crippen molar-refractivity contribution in [3.63, 3.8) is 0 Å². The minimum Gasteiger partial charge on any atom is -0.348 e. The summed E-state index contributed by atoms with van der Waals surface area (Å²) >= 11 is 7.82. The van der Waals surface area contributed by atoms with Crippen molar-refractivity contribution in [2.75, 3.05) is 0 Å². The first-order chi connectivity index (χ1) is 13.1. The van der Waals surface area contributed by atoms with E-state index in [-0.39, 0.29) is 5.91 Å². The van der Waals surface area contributed by atoms with Crippen LogP contribution in [0.15, 0.2) is 60.9 Å². The van der Waals surface area contributed by atoms with Gasteiger partial charge in [-0.3, -0.25) is 9.78 Å². The van der Waals surface area contributed by atoms with Gasteiger partial charge in [-0.05, 0) is 55.0 Å². The van der Waals surface area contributed by atoms with Crippen molar-refractivity contribution in [1.82, 2.24) is 15.3 Å². The van der Waals surface area contributed by atoms with Gasteiger partial charge in [0.05, 0.1) is 21.7 Å². The number of aryl methyl sites for hydroxylation is 1. The van der Waals surface area contributed by atoms with Crippen LogP contribution < -0.4 is 5.32 Å². The molecule has 0 aliphatic carbocycles. The van der Waals surface area contributed by atoms with Gasteiger partial charge in [-0.25, -0.2) is 4.98 Å². The van der Waals surface area contributed by atoms with Crippen LogP contribution in [-0.2, 0) is 6.54 Å². The predicted molar refractivity (Wildman–Crippen MR) is 110 cm³/mol. The van der Waals surface area contributed by atoms with Crippen molar-refractivity contribution in [2.45, 2.75) is 13.5 Å². The summed E-state index contributed by atoms with van der Waals surface area (Å²) in [6, 6.07) is 15.1. The van der Waals surface area contributed by atoms with Crippen LogP contribution in [0.25, 0.3) is 21.5 Å². The molecule has 6 heteroatoms. The fourth-order valence-electron chi connectivity index (χ4n) is 2.86. The van der Waals surface area contributed by atoms with E-state index in [2.05, 4.69) is 23.3 Å². The summed E-state index contributed by atoms with van der Waals surface area (Å²) in [6.45, 7) is 2.46. The number of benzene rings is 1. The zero-order chi connectivity index (χ0) is 18.8. The Bertz CT molecular complexity index is 1120. The van der Waals surface area contributed by atoms with E-state index >= 15 is 0 Å². The van der Waals surface area contributed by atoms with Gasteiger partial charge >= 0.3 is 0 Å². The molecular weight excluding hydrogens is 378 g/mol. The molecule has 4 nitrogen and oxygen atoms in total. The summed E-state index contributed by atoms with van der Waals surface area (Å²) in [6.07, 6.45) is 3.45. The Morgan fingerprint density at radius 3 is 2.81 bits per heavy atom. The first kappa shape index (κ1) is 17.6. The number of nitrogens with one attached hydrogen (secondary N) is 1. The quantitative estimate of drug-likeness (QED) is 0.515. The lowest BCUT2D eigenvalue weighted by Gasteiger charge is -2.10. The Balaban J connectivity index is 1.74. The lowest BCUT2D eigenvalue weighted by atomic mass is 10.1. The second-order valence-corrected chi connectivity index (χ2v) is 7.90. The van der Waals surface area contributed by atoms with Crippen LogP contribution >= 0.6 is 22.9 Å². The number of amides is 1. The highest BCUT2D eigenvalue weighted by molar-refractivity contribution is 7.15. The highest BCUT2D eigenvalue weighted by Gasteiger charge is 2.15. The number of pyridine rings is 2. The van der Waals surface area contributed by atoms with E-state index < -0.39 is 0 Å². The molecule has 1 aromatic carbocycles. The first-order valence-electron chi connectivity index (χ1n) is 8.44. The van der Waals surface area contributed by atoms with E-state index in [1.54, 1.807) is 35.9 Å². The van der Waals surface area contributed by atoms with Crippen molar-refractivity contribution in [3.05, 3.63) is 82.0 Å². The lowest BCUT2D eigenvalue weighted by Crippen LogP contribution is -2.23. The average molecular weight is 394 g/mol. The average Bonchev–Trinajstić information content (AvgIpc) is 3.12. The number of thiophene rings is 1. The van der Waals surface area contributed by atoms with Crippen molar-refractivity contribution in [2.24, 2.45) is 0 Å². The number of rotatable bonds is 4. The molecule has 0 saturated heterocycles. The molecule has 4 rings (SSSR count). The van der Waals surface area contributed by atoms with Crippen LogP contribution in [0, 0.1) is 6.92 Å². The highest BCUT2D eigenvalue weighted by atomic mass is 35.5. The molecule has 3 aromatic heterocycles. The minimum absolute atomic E-state index is 0.164. The Morgan fingerprint density at radius 2 is 2.07 bits per heavy atom. The molecule has 0 radical (unpaired) electrons. The van der Waals surface area contributed by atoms with Gasteiger partial charge in [0.1, 0.15) is 0 Å². The summed E-state index contributed by atoms with van der Waals surface area (Å²) in [4.78, 5) is 24.0. The van der Waals surface area contributed by atoms with Gasteiger partial charge in [-0.15, -0.1) is 11.3 Å². The number of hydrogen-bond acceptors (Lipinski definition) is 4. The van der Waals surface area contributed by atoms with Crippen LogP contribution in [-0.4, -0.2) is 15.9 Å². The predicted octanol–water partition coefficient (Wildman–Crippen LogP) is 5.25. The summed E-state index contributed by atoms with van der Waals surface area (Å²) in [5.74, 6) is -0.164. The van der Waals surface area contributed by atoms with Gasteiger partial charge in [0.15, 0.2) is 0 Å². The Morgan fingerprint density at radius 1 is 1.19 bits per heavy atom. The maximum absolute atomic E-state index is 12.9. The fourth-order valence-corrected chi connectivity index (χ4v) is 3.86. The second kappa shape index (κ2) is 7.47. The summed E-state index contributed by atoms with van der Waals surface area (Å²) in [5, 5.41) is 4.28. The van der Waals surface area contributed by atoms with Gasteiger partial charge in [-0.2, -0.15) is 0 Å². The van der Waals surface area contributed by atoms with Gasteiger partial charge in [0, 0.05) is 34.2 Å². The van der Waals surface area contributed by atoms with E-state index in [0.717, 1.165) is 27.0 Å². The van der Waals surface area contributed by atoms with Crippen LogP contribution in [0.4, 0.5) is 0 Å². The molecule has 0 aliphatic heterocycles. The normalized spacial score (nSPS) is 10.9. The second-order valence-electron chi connectivity index (χ2n) is 6.17. The molecular formula is C21H16ClN3OS. The lowest BCUT2D eigenvalue weighted by molar-refractivity contribution is 0.0952. The van der Waals surface area contributed by atoms with E-state index in [1.165, 1.54) is 4.88 Å². The molecule has 3 heterocycles. The topological polar surface area (TPSA) is 54.9 Å². The van der Waals surface area contributed by atoms with Gasteiger partial charge in [-0.1, -0.05) is 17.7 Å². The van der Waals surface area contributed by atoms with Crippen molar-refractivity contribution in [3.8, 4) is 10.6 Å². The Kier molecular flexibility index (Phi) is 4.88. The highest BCUT2D eigenvalue weighted by Crippen LogP contribution is 2.31. The molecule has 0 unspecified atom stereocenters. The van der Waals surface area contributed by atoms with E-state index in [1.807, 2.05) is 30.3 Å². The number of halogens is 1. The third-order valence-electron chi connectivity index (χ3n) is 4.18. The maximum Gasteiger partial charge on any atom is 0.252 e. The Labute approximate surface area is 165 Å². The van der Waals surface area contributed by atoms with Gasteiger partial charge in [0.25, 0.3) is 5.91 Å². The molecule has 4 aromatic rings. The number of carbonyl (C=O) groups excluding carboxylic acids is 1. The van der Waals surface area contributed by atoms with E-state index in [4.69, 9.17) is 16.6 Å². The summed E-state index contributed by atoms with van der Waals surface area (Å²) in [5.41, 5.74) is 3.03. The number of fused-ring (bicyclic) bond motifs is 1. The molecule has 0 bridgehead atoms. The number of carbonyl (C=O) groups is 1. The van der Waals surface area contributed by atoms with Crippen LogP contribution in [0.5, 0.6) is 0 Å². The molecule has 134 valence electrons. The Hall–Kier alpha value is -2.76. The first-order valence-corrected chi connectivity index (χ1v) is 9.64. The van der Waals surface area contributed by atoms with Crippen molar-refractivity contribution < 1.29 is 4.79 Å². The molecule has 27 heavy (non-hydrogen) atoms. The molecule has 1 amide bonds. The molecule has 0 spiro atoms. The number of aromatic nitrogens is 2. The summed E-state index contributed by atoms with van der Waals surface area (Å²) in [7, 11) is 0. The van der Waals surface area contributed by atoms with Crippen LogP contribution in [0.3, 0.4) is 0 Å². The fraction of sp³-hybridized carbons (Fsp3) is 0.0952. The van der Waals surface area contributed by atoms with Crippen molar-refractivity contribution in [1.29, 1.82) is 0 Å². The zero-order valence-electron chi connectivity index (χ0n) is 14.6. The third-order valence-corrected chi connectivity index (χ3v) is 5.44. The summed E-state index contributed by atoms with van der Waals surface area (Å²) < 4.78 is 0. The third kappa shape index (κ3) is 3.84. The molecule has 0 atom stereocenters. The maximum atomic E-state index is 12.9. The van der Waals surface area contributed by atoms with Crippen molar-refractivity contribution >= 4 is 39.7 Å². The smallest absolute Gasteiger partial charge is 0.252 e. The van der Waals surface area contributed by atoms with Gasteiger partial charge < -0.3 is 5.32 Å². The minimum atomic E-state index is -0.164. The number of hydrogen-bond donors (Lipinski definition) is 1. The van der Waals surface area contributed by atoms with E-state index in [9.17, 15) is 4.79 Å². The zero-order valence-corrected chi connectivity index (χ0v) is 16.1. The molecule has 0 saturated carbocycles. The SMILES string of the molecule is Cc1ccc(-c2cc(C(=O)NCc3cccnc3)c3cc(Cl)ccc3n2)s1. The molecule has 0 aliphatic rings. The number of nitrogens with zero attached hydrogens (tertiary/aromatic N) is 2. The largest absolute Gasteiger partial charge is 0.348 e. The van der Waals surface area contributed by atoms with Crippen LogP contribution in [0.1, 0.15) is 20.8 Å². The van der Waals surface area contributed by atoms with Crippen LogP contribution in [0.2, 0.25) is 5.02 Å². The standard InChI is InChI=1S/C21H16ClN3OS/c1-13-4-7-20(27-13)19-10-17(16-9-15(22)5-6-18(16)25-19)21(26)24-12-14-3-2-8-23-11-14/h2-11H,12H2,1H3,(H,24,26). The monoisotopic (exact) mass is 393 g/mol. The van der Waals surface area contributed by atoms with E-state index in [0.29, 0.717) is 17.1 Å².